The number of carbonyl (C=O) groups excluding carboxylic acids is 1. The normalized spacial score (nSPS) is 10.1. The minimum Gasteiger partial charge on any atom is -0.268 e. The summed E-state index contributed by atoms with van der Waals surface area (Å²) in [5.74, 6) is -0.688. The van der Waals surface area contributed by atoms with Crippen LogP contribution in [0.1, 0.15) is 10.4 Å². The summed E-state index contributed by atoms with van der Waals surface area (Å²) in [6.07, 6.45) is 3.41. The molecule has 0 spiro atoms. The van der Waals surface area contributed by atoms with E-state index in [9.17, 15) is 9.18 Å². The topological polar surface area (TPSA) is 34.0 Å². The molecule has 3 nitrogen and oxygen atoms in total. The lowest BCUT2D eigenvalue weighted by Gasteiger charge is -2.07. The van der Waals surface area contributed by atoms with Gasteiger partial charge in [0.25, 0.3) is 5.91 Å². The Balaban J connectivity index is 2.21. The molecule has 0 aliphatic rings. The van der Waals surface area contributed by atoms with Crippen LogP contribution >= 0.6 is 15.9 Å². The first-order valence-corrected chi connectivity index (χ1v) is 5.35. The Morgan fingerprint density at radius 1 is 1.31 bits per heavy atom. The van der Waals surface area contributed by atoms with E-state index >= 15 is 0 Å². The van der Waals surface area contributed by atoms with E-state index in [0.717, 1.165) is 0 Å². The molecule has 0 saturated heterocycles. The number of amides is 1. The van der Waals surface area contributed by atoms with Gasteiger partial charge in [-0.15, -0.1) is 0 Å². The fourth-order valence-electron chi connectivity index (χ4n) is 1.26. The molecular formula is C11H8BrFN2O. The molecule has 0 aliphatic heterocycles. The van der Waals surface area contributed by atoms with E-state index in [0.29, 0.717) is 10.0 Å². The van der Waals surface area contributed by atoms with Gasteiger partial charge in [-0.25, -0.2) is 4.39 Å². The van der Waals surface area contributed by atoms with Crippen molar-refractivity contribution in [2.45, 2.75) is 0 Å². The van der Waals surface area contributed by atoms with Crippen molar-refractivity contribution in [3.63, 3.8) is 0 Å². The van der Waals surface area contributed by atoms with Crippen LogP contribution in [0.3, 0.4) is 0 Å². The van der Waals surface area contributed by atoms with E-state index in [1.54, 1.807) is 24.5 Å². The second-order valence-electron chi connectivity index (χ2n) is 3.16. The summed E-state index contributed by atoms with van der Waals surface area (Å²) in [5, 5.41) is 0. The second-order valence-corrected chi connectivity index (χ2v) is 4.01. The van der Waals surface area contributed by atoms with Gasteiger partial charge >= 0.3 is 0 Å². The Morgan fingerprint density at radius 2 is 2.00 bits per heavy atom. The summed E-state index contributed by atoms with van der Waals surface area (Å²) in [6, 6.07) is 7.51. The van der Waals surface area contributed by atoms with Crippen molar-refractivity contribution in [2.24, 2.45) is 0 Å². The van der Waals surface area contributed by atoms with Crippen LogP contribution in [0, 0.1) is 5.82 Å². The van der Waals surface area contributed by atoms with Gasteiger partial charge in [0.2, 0.25) is 0 Å². The van der Waals surface area contributed by atoms with Gasteiger partial charge in [-0.1, -0.05) is 0 Å². The van der Waals surface area contributed by atoms with Gasteiger partial charge in [0.15, 0.2) is 0 Å². The third-order valence-corrected chi connectivity index (χ3v) is 2.67. The lowest BCUT2D eigenvalue weighted by atomic mass is 10.2. The molecule has 82 valence electrons. The van der Waals surface area contributed by atoms with Crippen molar-refractivity contribution in [1.29, 1.82) is 0 Å². The summed E-state index contributed by atoms with van der Waals surface area (Å²) in [6.45, 7) is 0. The molecule has 0 bridgehead atoms. The fourth-order valence-corrected chi connectivity index (χ4v) is 1.79. The van der Waals surface area contributed by atoms with Crippen molar-refractivity contribution in [2.75, 3.05) is 5.43 Å². The van der Waals surface area contributed by atoms with E-state index in [1.165, 1.54) is 22.9 Å². The zero-order valence-electron chi connectivity index (χ0n) is 8.15. The molecule has 0 fully saturated rings. The highest BCUT2D eigenvalue weighted by Gasteiger charge is 2.10. The smallest absolute Gasteiger partial charge is 0.268 e. The molecule has 0 saturated carbocycles. The van der Waals surface area contributed by atoms with Crippen LogP contribution in [-0.2, 0) is 0 Å². The number of halogens is 2. The Hall–Kier alpha value is -1.62. The van der Waals surface area contributed by atoms with Crippen LogP contribution in [0.2, 0.25) is 0 Å². The van der Waals surface area contributed by atoms with Gasteiger partial charge in [0.1, 0.15) is 5.82 Å². The number of nitrogens with one attached hydrogen (secondary N) is 1. The molecule has 1 N–H and O–H groups in total. The van der Waals surface area contributed by atoms with Gasteiger partial charge in [-0.3, -0.25) is 14.9 Å². The van der Waals surface area contributed by atoms with E-state index in [1.807, 2.05) is 0 Å². The molecule has 0 atom stereocenters. The maximum atomic E-state index is 12.8. The highest BCUT2D eigenvalue weighted by molar-refractivity contribution is 9.10. The number of aromatic nitrogens is 1. The predicted molar refractivity (Wildman–Crippen MR) is 62.2 cm³/mol. The maximum Gasteiger partial charge on any atom is 0.271 e. The van der Waals surface area contributed by atoms with Gasteiger partial charge < -0.3 is 0 Å². The second kappa shape index (κ2) is 4.49. The van der Waals surface area contributed by atoms with Crippen molar-refractivity contribution in [3.8, 4) is 0 Å². The first-order chi connectivity index (χ1) is 7.66. The van der Waals surface area contributed by atoms with Crippen molar-refractivity contribution in [3.05, 3.63) is 58.6 Å². The Kier molecular flexibility index (Phi) is 3.05. The third kappa shape index (κ3) is 2.30. The Labute approximate surface area is 100.0 Å². The van der Waals surface area contributed by atoms with E-state index in [4.69, 9.17) is 0 Å². The predicted octanol–water partition coefficient (Wildman–Crippen LogP) is 2.77. The minimum absolute atomic E-state index is 0.303. The molecule has 16 heavy (non-hydrogen) atoms. The number of benzene rings is 1. The SMILES string of the molecule is O=C(Nn1cccc1)c1ccc(F)cc1Br. The number of hydrogen-bond acceptors (Lipinski definition) is 1. The fraction of sp³-hybridized carbons (Fsp3) is 0. The number of nitrogens with zero attached hydrogens (tertiary/aromatic N) is 1. The van der Waals surface area contributed by atoms with E-state index < -0.39 is 0 Å². The molecule has 0 aliphatic carbocycles. The quantitative estimate of drug-likeness (QED) is 0.903. The summed E-state index contributed by atoms with van der Waals surface area (Å²) >= 11 is 3.14. The van der Waals surface area contributed by atoms with E-state index in [2.05, 4.69) is 21.4 Å². The van der Waals surface area contributed by atoms with Crippen LogP contribution in [0.4, 0.5) is 4.39 Å². The summed E-state index contributed by atoms with van der Waals surface area (Å²) in [4.78, 5) is 11.8. The number of rotatable bonds is 2. The maximum absolute atomic E-state index is 12.8. The minimum atomic E-state index is -0.385. The number of hydrogen-bond donors (Lipinski definition) is 1. The molecule has 0 radical (unpaired) electrons. The molecule has 1 amide bonds. The lowest BCUT2D eigenvalue weighted by molar-refractivity contribution is 0.101. The van der Waals surface area contributed by atoms with Crippen molar-refractivity contribution in [1.82, 2.24) is 4.68 Å². The molecule has 2 rings (SSSR count). The number of carbonyl (C=O) groups is 1. The monoisotopic (exact) mass is 282 g/mol. The van der Waals surface area contributed by atoms with Crippen LogP contribution in [0.25, 0.3) is 0 Å². The summed E-state index contributed by atoms with van der Waals surface area (Å²) in [5.41, 5.74) is 3.01. The Morgan fingerprint density at radius 3 is 2.62 bits per heavy atom. The van der Waals surface area contributed by atoms with Crippen molar-refractivity contribution < 1.29 is 9.18 Å². The van der Waals surface area contributed by atoms with Gasteiger partial charge in [-0.2, -0.15) is 0 Å². The van der Waals surface area contributed by atoms with Crippen LogP contribution in [-0.4, -0.2) is 10.6 Å². The first-order valence-electron chi connectivity index (χ1n) is 4.56. The van der Waals surface area contributed by atoms with Crippen LogP contribution < -0.4 is 5.43 Å². The van der Waals surface area contributed by atoms with E-state index in [-0.39, 0.29) is 11.7 Å². The molecule has 1 aromatic carbocycles. The van der Waals surface area contributed by atoms with Crippen LogP contribution in [0.15, 0.2) is 47.2 Å². The molecule has 2 aromatic rings. The molecule has 1 heterocycles. The van der Waals surface area contributed by atoms with Crippen LogP contribution in [0.5, 0.6) is 0 Å². The molecule has 0 unspecified atom stereocenters. The summed E-state index contributed by atoms with van der Waals surface area (Å²) < 4.78 is 14.8. The highest BCUT2D eigenvalue weighted by Crippen LogP contribution is 2.18. The first kappa shape index (κ1) is 10.9. The molecular weight excluding hydrogens is 275 g/mol. The summed E-state index contributed by atoms with van der Waals surface area (Å²) in [7, 11) is 0. The zero-order chi connectivity index (χ0) is 11.5. The van der Waals surface area contributed by atoms with Gasteiger partial charge in [0, 0.05) is 16.9 Å². The van der Waals surface area contributed by atoms with Gasteiger partial charge in [-0.05, 0) is 46.3 Å². The molecule has 5 heteroatoms. The molecule has 1 aromatic heterocycles. The standard InChI is InChI=1S/C11H8BrFN2O/c12-10-7-8(13)3-4-9(10)11(16)14-15-5-1-2-6-15/h1-7H,(H,14,16). The average Bonchev–Trinajstić information content (AvgIpc) is 2.70. The lowest BCUT2D eigenvalue weighted by Crippen LogP contribution is -2.21. The Bertz CT molecular complexity index is 511. The van der Waals surface area contributed by atoms with Gasteiger partial charge in [0.05, 0.1) is 5.56 Å². The largest absolute Gasteiger partial charge is 0.271 e. The average molecular weight is 283 g/mol. The third-order valence-electron chi connectivity index (χ3n) is 2.01. The van der Waals surface area contributed by atoms with Crippen molar-refractivity contribution >= 4 is 21.8 Å². The highest BCUT2D eigenvalue weighted by atomic mass is 79.9. The zero-order valence-corrected chi connectivity index (χ0v) is 9.74.